The van der Waals surface area contributed by atoms with Gasteiger partial charge in [-0.15, -0.1) is 0 Å². The van der Waals surface area contributed by atoms with Gasteiger partial charge in [-0.3, -0.25) is 4.79 Å². The lowest BCUT2D eigenvalue weighted by atomic mass is 9.99. The summed E-state index contributed by atoms with van der Waals surface area (Å²) in [5.74, 6) is 0.423. The van der Waals surface area contributed by atoms with E-state index in [4.69, 9.17) is 10.5 Å². The van der Waals surface area contributed by atoms with Crippen molar-refractivity contribution in [1.29, 1.82) is 0 Å². The summed E-state index contributed by atoms with van der Waals surface area (Å²) >= 11 is 0. The standard InChI is InChI=1S/C17H24F2N2O3/c1-21(16(22)9-12-4-3-5-13(12)20)10-11-6-7-14(23-2)15(8-11)24-17(18)19/h6-8,12-13,17H,3-5,9-10,20H2,1-2H3/t12-,13+/m0/s1. The van der Waals surface area contributed by atoms with Gasteiger partial charge in [0, 0.05) is 26.1 Å². The van der Waals surface area contributed by atoms with Crippen molar-refractivity contribution in [3.63, 3.8) is 0 Å². The van der Waals surface area contributed by atoms with E-state index in [-0.39, 0.29) is 29.4 Å². The number of alkyl halides is 2. The van der Waals surface area contributed by atoms with E-state index in [9.17, 15) is 13.6 Å². The Morgan fingerprint density at radius 2 is 2.12 bits per heavy atom. The molecule has 0 aromatic heterocycles. The summed E-state index contributed by atoms with van der Waals surface area (Å²) in [6.07, 6.45) is 3.44. The molecule has 0 heterocycles. The zero-order valence-corrected chi connectivity index (χ0v) is 14.0. The zero-order valence-electron chi connectivity index (χ0n) is 14.0. The molecule has 1 fully saturated rings. The van der Waals surface area contributed by atoms with E-state index in [1.54, 1.807) is 24.1 Å². The lowest BCUT2D eigenvalue weighted by Crippen LogP contribution is -2.32. The van der Waals surface area contributed by atoms with E-state index in [2.05, 4.69) is 4.74 Å². The van der Waals surface area contributed by atoms with E-state index in [0.717, 1.165) is 19.3 Å². The molecule has 2 atom stereocenters. The van der Waals surface area contributed by atoms with E-state index < -0.39 is 6.61 Å². The number of ether oxygens (including phenoxy) is 2. The number of rotatable bonds is 7. The maximum absolute atomic E-state index is 12.5. The molecule has 0 spiro atoms. The Kier molecular flexibility index (Phi) is 6.36. The molecule has 1 aliphatic rings. The first-order valence-corrected chi connectivity index (χ1v) is 8.02. The highest BCUT2D eigenvalue weighted by Crippen LogP contribution is 2.30. The molecule has 134 valence electrons. The number of nitrogens with zero attached hydrogens (tertiary/aromatic N) is 1. The second kappa shape index (κ2) is 8.28. The molecule has 0 bridgehead atoms. The predicted molar refractivity (Wildman–Crippen MR) is 86.0 cm³/mol. The molecule has 0 aliphatic heterocycles. The van der Waals surface area contributed by atoms with Crippen molar-refractivity contribution < 1.29 is 23.0 Å². The van der Waals surface area contributed by atoms with Crippen LogP contribution in [0.4, 0.5) is 8.78 Å². The lowest BCUT2D eigenvalue weighted by Gasteiger charge is -2.22. The molecule has 0 radical (unpaired) electrons. The van der Waals surface area contributed by atoms with Gasteiger partial charge in [-0.2, -0.15) is 8.78 Å². The fourth-order valence-electron chi connectivity index (χ4n) is 3.07. The third-order valence-corrected chi connectivity index (χ3v) is 4.44. The van der Waals surface area contributed by atoms with Crippen LogP contribution in [0.1, 0.15) is 31.2 Å². The lowest BCUT2D eigenvalue weighted by molar-refractivity contribution is -0.131. The number of hydrogen-bond donors (Lipinski definition) is 1. The van der Waals surface area contributed by atoms with E-state index in [1.165, 1.54) is 13.2 Å². The van der Waals surface area contributed by atoms with Gasteiger partial charge in [0.15, 0.2) is 11.5 Å². The largest absolute Gasteiger partial charge is 0.493 e. The highest BCUT2D eigenvalue weighted by atomic mass is 19.3. The average molecular weight is 342 g/mol. The van der Waals surface area contributed by atoms with Crippen LogP contribution in [0.25, 0.3) is 0 Å². The van der Waals surface area contributed by atoms with Crippen molar-refractivity contribution in [2.24, 2.45) is 11.7 Å². The van der Waals surface area contributed by atoms with Crippen molar-refractivity contribution >= 4 is 5.91 Å². The van der Waals surface area contributed by atoms with Gasteiger partial charge in [0.1, 0.15) is 0 Å². The van der Waals surface area contributed by atoms with Crippen molar-refractivity contribution in [2.45, 2.75) is 44.9 Å². The Morgan fingerprint density at radius 3 is 2.71 bits per heavy atom. The molecule has 5 nitrogen and oxygen atoms in total. The van der Waals surface area contributed by atoms with Crippen LogP contribution in [0.2, 0.25) is 0 Å². The fraction of sp³-hybridized carbons (Fsp3) is 0.588. The summed E-state index contributed by atoms with van der Waals surface area (Å²) in [4.78, 5) is 13.9. The third-order valence-electron chi connectivity index (χ3n) is 4.44. The predicted octanol–water partition coefficient (Wildman–Crippen LogP) is 2.77. The number of amides is 1. The number of hydrogen-bond acceptors (Lipinski definition) is 4. The van der Waals surface area contributed by atoms with E-state index in [1.807, 2.05) is 0 Å². The molecule has 2 rings (SSSR count). The minimum Gasteiger partial charge on any atom is -0.493 e. The summed E-state index contributed by atoms with van der Waals surface area (Å²) in [5, 5.41) is 0. The number of methoxy groups -OCH3 is 1. The van der Waals surface area contributed by atoms with Crippen LogP contribution < -0.4 is 15.2 Å². The zero-order chi connectivity index (χ0) is 17.7. The van der Waals surface area contributed by atoms with Crippen LogP contribution in [0, 0.1) is 5.92 Å². The van der Waals surface area contributed by atoms with Gasteiger partial charge >= 0.3 is 6.61 Å². The highest BCUT2D eigenvalue weighted by molar-refractivity contribution is 5.76. The molecule has 7 heteroatoms. The van der Waals surface area contributed by atoms with Crippen LogP contribution in [0.15, 0.2) is 18.2 Å². The summed E-state index contributed by atoms with van der Waals surface area (Å²) in [5.41, 5.74) is 6.70. The van der Waals surface area contributed by atoms with Gasteiger partial charge in [-0.1, -0.05) is 12.5 Å². The van der Waals surface area contributed by atoms with Crippen molar-refractivity contribution in [3.8, 4) is 11.5 Å². The summed E-state index contributed by atoms with van der Waals surface area (Å²) in [7, 11) is 3.08. The van der Waals surface area contributed by atoms with Gasteiger partial charge in [-0.25, -0.2) is 0 Å². The normalized spacial score (nSPS) is 20.2. The first-order chi connectivity index (χ1) is 11.4. The number of carbonyl (C=O) groups excluding carboxylic acids is 1. The van der Waals surface area contributed by atoms with Gasteiger partial charge in [0.05, 0.1) is 7.11 Å². The van der Waals surface area contributed by atoms with Gasteiger partial charge in [0.25, 0.3) is 0 Å². The van der Waals surface area contributed by atoms with Gasteiger partial charge in [0.2, 0.25) is 5.91 Å². The Balaban J connectivity index is 1.99. The quantitative estimate of drug-likeness (QED) is 0.827. The molecule has 1 saturated carbocycles. The molecule has 2 N–H and O–H groups in total. The van der Waals surface area contributed by atoms with Crippen LogP contribution in [-0.4, -0.2) is 37.6 Å². The van der Waals surface area contributed by atoms with Crippen molar-refractivity contribution in [3.05, 3.63) is 23.8 Å². The molecule has 24 heavy (non-hydrogen) atoms. The summed E-state index contributed by atoms with van der Waals surface area (Å²) in [6.45, 7) is -2.62. The van der Waals surface area contributed by atoms with Gasteiger partial charge in [-0.05, 0) is 36.5 Å². The van der Waals surface area contributed by atoms with Gasteiger partial charge < -0.3 is 20.1 Å². The van der Waals surface area contributed by atoms with Crippen LogP contribution >= 0.6 is 0 Å². The topological polar surface area (TPSA) is 64.8 Å². The Hall–Kier alpha value is -1.89. The second-order valence-electron chi connectivity index (χ2n) is 6.17. The second-order valence-corrected chi connectivity index (χ2v) is 6.17. The average Bonchev–Trinajstić information content (AvgIpc) is 2.92. The monoisotopic (exact) mass is 342 g/mol. The molecule has 0 unspecified atom stereocenters. The number of benzene rings is 1. The van der Waals surface area contributed by atoms with E-state index in [0.29, 0.717) is 18.5 Å². The molecular weight excluding hydrogens is 318 g/mol. The number of halogens is 2. The molecule has 1 amide bonds. The van der Waals surface area contributed by atoms with Crippen LogP contribution in [0.3, 0.4) is 0 Å². The number of nitrogens with two attached hydrogens (primary N) is 1. The summed E-state index contributed by atoms with van der Waals surface area (Å²) < 4.78 is 34.4. The maximum atomic E-state index is 12.5. The smallest absolute Gasteiger partial charge is 0.387 e. The minimum absolute atomic E-state index is 0.00416. The third kappa shape index (κ3) is 4.80. The minimum atomic E-state index is -2.93. The molecular formula is C17H24F2N2O3. The Bertz CT molecular complexity index is 569. The fourth-order valence-corrected chi connectivity index (χ4v) is 3.07. The summed E-state index contributed by atoms with van der Waals surface area (Å²) in [6, 6.07) is 4.84. The number of carbonyl (C=O) groups is 1. The highest BCUT2D eigenvalue weighted by Gasteiger charge is 2.27. The molecule has 0 saturated heterocycles. The van der Waals surface area contributed by atoms with Crippen LogP contribution in [-0.2, 0) is 11.3 Å². The Morgan fingerprint density at radius 1 is 1.38 bits per heavy atom. The molecule has 1 aromatic carbocycles. The Labute approximate surface area is 140 Å². The van der Waals surface area contributed by atoms with Crippen LogP contribution in [0.5, 0.6) is 11.5 Å². The SMILES string of the molecule is COc1ccc(CN(C)C(=O)C[C@@H]2CCC[C@H]2N)cc1OC(F)F. The van der Waals surface area contributed by atoms with Crippen molar-refractivity contribution in [1.82, 2.24) is 4.90 Å². The first kappa shape index (κ1) is 18.4. The molecule has 1 aliphatic carbocycles. The maximum Gasteiger partial charge on any atom is 0.387 e. The molecule has 1 aromatic rings. The van der Waals surface area contributed by atoms with E-state index >= 15 is 0 Å². The van der Waals surface area contributed by atoms with Crippen molar-refractivity contribution in [2.75, 3.05) is 14.2 Å². The first-order valence-electron chi connectivity index (χ1n) is 8.02.